The summed E-state index contributed by atoms with van der Waals surface area (Å²) in [5, 5.41) is 9.39. The Morgan fingerprint density at radius 3 is 1.95 bits per heavy atom. The van der Waals surface area contributed by atoms with Gasteiger partial charge in [0, 0.05) is 60.2 Å². The van der Waals surface area contributed by atoms with Gasteiger partial charge in [-0.1, -0.05) is 127 Å². The lowest BCUT2D eigenvalue weighted by Gasteiger charge is -2.13. The van der Waals surface area contributed by atoms with E-state index in [0.29, 0.717) is 5.95 Å². The summed E-state index contributed by atoms with van der Waals surface area (Å²) in [6, 6.07) is 67.6. The standard InChI is InChI=1S/C55H33N5S/c1-3-12-34(13-4-1)50-33-39-22-24-45-52(54(39)61-50)53(35-14-5-2-6-15-35)58-55(57-45)60-47-25-23-38(31-43(47)44-30-36-16-7-8-17-37(36)32-49(44)60)41-19-11-21-48-51(41)42-18-9-10-20-46(42)59(48)40-26-28-56-29-27-40/h1-33H. The number of nitrogens with zero attached hydrogens (tertiary/aromatic N) is 5. The lowest BCUT2D eigenvalue weighted by atomic mass is 9.97. The second kappa shape index (κ2) is 13.3. The topological polar surface area (TPSA) is 48.5 Å². The van der Waals surface area contributed by atoms with Crippen LogP contribution in [0.2, 0.25) is 0 Å². The molecule has 0 spiro atoms. The predicted octanol–water partition coefficient (Wildman–Crippen LogP) is 14.6. The maximum Gasteiger partial charge on any atom is 0.235 e. The molecule has 0 amide bonds. The number of pyridine rings is 1. The molecule has 8 aromatic carbocycles. The molecular formula is C55H33N5S. The van der Waals surface area contributed by atoms with Crippen molar-refractivity contribution in [3.05, 3.63) is 200 Å². The van der Waals surface area contributed by atoms with Crippen LogP contribution in [0.5, 0.6) is 0 Å². The Bertz CT molecular complexity index is 3860. The van der Waals surface area contributed by atoms with Crippen LogP contribution < -0.4 is 0 Å². The quantitative estimate of drug-likeness (QED) is 0.174. The van der Waals surface area contributed by atoms with Crippen molar-refractivity contribution >= 4 is 86.7 Å². The molecule has 13 rings (SSSR count). The molecule has 5 heterocycles. The molecule has 0 saturated carbocycles. The Balaban J connectivity index is 1.08. The molecule has 13 aromatic rings. The molecule has 5 nitrogen and oxygen atoms in total. The van der Waals surface area contributed by atoms with Crippen LogP contribution in [0.1, 0.15) is 0 Å². The Morgan fingerprint density at radius 1 is 0.410 bits per heavy atom. The highest BCUT2D eigenvalue weighted by molar-refractivity contribution is 7.23. The van der Waals surface area contributed by atoms with E-state index in [1.54, 1.807) is 0 Å². The van der Waals surface area contributed by atoms with Crippen LogP contribution in [-0.4, -0.2) is 24.1 Å². The van der Waals surface area contributed by atoms with Crippen molar-refractivity contribution in [3.63, 3.8) is 0 Å². The summed E-state index contributed by atoms with van der Waals surface area (Å²) in [5.74, 6) is 0.649. The van der Waals surface area contributed by atoms with Crippen LogP contribution in [0.25, 0.3) is 120 Å². The van der Waals surface area contributed by atoms with Gasteiger partial charge >= 0.3 is 0 Å². The predicted molar refractivity (Wildman–Crippen MR) is 255 cm³/mol. The van der Waals surface area contributed by atoms with E-state index in [4.69, 9.17) is 9.97 Å². The molecule has 0 bridgehead atoms. The normalized spacial score (nSPS) is 11.9. The van der Waals surface area contributed by atoms with Gasteiger partial charge in [0.1, 0.15) is 0 Å². The number of fused-ring (bicyclic) bond motifs is 10. The van der Waals surface area contributed by atoms with Crippen LogP contribution in [0.3, 0.4) is 0 Å². The van der Waals surface area contributed by atoms with Crippen molar-refractivity contribution < 1.29 is 0 Å². The molecule has 0 saturated heterocycles. The van der Waals surface area contributed by atoms with E-state index in [2.05, 4.69) is 202 Å². The fraction of sp³-hybridized carbons (Fsp3) is 0. The van der Waals surface area contributed by atoms with Crippen molar-refractivity contribution in [2.45, 2.75) is 0 Å². The van der Waals surface area contributed by atoms with Gasteiger partial charge in [0.2, 0.25) is 5.95 Å². The number of aromatic nitrogens is 5. The molecule has 284 valence electrons. The van der Waals surface area contributed by atoms with Gasteiger partial charge in [-0.2, -0.15) is 0 Å². The fourth-order valence-electron chi connectivity index (χ4n) is 9.47. The molecule has 5 aromatic heterocycles. The van der Waals surface area contributed by atoms with Crippen LogP contribution in [-0.2, 0) is 0 Å². The highest BCUT2D eigenvalue weighted by Gasteiger charge is 2.22. The van der Waals surface area contributed by atoms with E-state index in [-0.39, 0.29) is 0 Å². The highest BCUT2D eigenvalue weighted by atomic mass is 32.1. The van der Waals surface area contributed by atoms with Gasteiger partial charge in [0.05, 0.1) is 33.3 Å². The minimum Gasteiger partial charge on any atom is -0.309 e. The van der Waals surface area contributed by atoms with Crippen molar-refractivity contribution in [1.82, 2.24) is 24.1 Å². The minimum atomic E-state index is 0.649. The molecule has 0 atom stereocenters. The lowest BCUT2D eigenvalue weighted by molar-refractivity contribution is 1.02. The molecule has 0 unspecified atom stereocenters. The van der Waals surface area contributed by atoms with E-state index >= 15 is 0 Å². The number of benzene rings is 8. The monoisotopic (exact) mass is 795 g/mol. The molecule has 0 radical (unpaired) electrons. The average molecular weight is 796 g/mol. The smallest absolute Gasteiger partial charge is 0.235 e. The Kier molecular flexibility index (Phi) is 7.41. The minimum absolute atomic E-state index is 0.649. The second-order valence-electron chi connectivity index (χ2n) is 15.6. The summed E-state index contributed by atoms with van der Waals surface area (Å²) in [6.45, 7) is 0. The van der Waals surface area contributed by atoms with E-state index in [1.807, 2.05) is 23.7 Å². The Labute approximate surface area is 354 Å². The van der Waals surface area contributed by atoms with Crippen LogP contribution >= 0.6 is 11.3 Å². The third kappa shape index (κ3) is 5.22. The van der Waals surface area contributed by atoms with Crippen LogP contribution in [0, 0.1) is 0 Å². The maximum absolute atomic E-state index is 5.56. The maximum atomic E-state index is 5.56. The zero-order valence-electron chi connectivity index (χ0n) is 32.7. The zero-order valence-corrected chi connectivity index (χ0v) is 33.5. The lowest BCUT2D eigenvalue weighted by Crippen LogP contribution is -2.03. The Hall–Kier alpha value is -7.93. The first-order chi connectivity index (χ1) is 30.2. The third-order valence-electron chi connectivity index (χ3n) is 12.2. The van der Waals surface area contributed by atoms with E-state index < -0.39 is 0 Å². The summed E-state index contributed by atoms with van der Waals surface area (Å²) >= 11 is 1.81. The van der Waals surface area contributed by atoms with Crippen molar-refractivity contribution in [1.29, 1.82) is 0 Å². The highest BCUT2D eigenvalue weighted by Crippen LogP contribution is 2.44. The van der Waals surface area contributed by atoms with Gasteiger partial charge in [0.15, 0.2) is 0 Å². The summed E-state index contributed by atoms with van der Waals surface area (Å²) in [5.41, 5.74) is 12.0. The molecule has 61 heavy (non-hydrogen) atoms. The van der Waals surface area contributed by atoms with Crippen molar-refractivity contribution in [3.8, 4) is 44.5 Å². The van der Waals surface area contributed by atoms with Gasteiger partial charge in [0.25, 0.3) is 0 Å². The number of hydrogen-bond donors (Lipinski definition) is 0. The Morgan fingerprint density at radius 2 is 1.11 bits per heavy atom. The SMILES string of the molecule is c1ccc(-c2cc3ccc4nc(-n5c6ccc(-c7cccc8c7c7ccccc7n8-c7ccncc7)cc6c6cc7ccccc7cc65)nc(-c5ccccc5)c4c3s2)cc1. The first-order valence-electron chi connectivity index (χ1n) is 20.5. The van der Waals surface area contributed by atoms with E-state index in [1.165, 1.54) is 53.2 Å². The number of hydrogen-bond acceptors (Lipinski definition) is 4. The second-order valence-corrected chi connectivity index (χ2v) is 16.7. The number of para-hydroxylation sites is 1. The molecule has 0 fully saturated rings. The third-order valence-corrected chi connectivity index (χ3v) is 13.4. The molecule has 0 aliphatic rings. The summed E-state index contributed by atoms with van der Waals surface area (Å²) in [4.78, 5) is 16.6. The van der Waals surface area contributed by atoms with Crippen LogP contribution in [0.4, 0.5) is 0 Å². The summed E-state index contributed by atoms with van der Waals surface area (Å²) in [7, 11) is 0. The molecule has 0 N–H and O–H groups in total. The molecule has 0 aliphatic heterocycles. The molecule has 6 heteroatoms. The van der Waals surface area contributed by atoms with Crippen molar-refractivity contribution in [2.75, 3.05) is 0 Å². The fourth-order valence-corrected chi connectivity index (χ4v) is 10.7. The number of rotatable bonds is 5. The molecular weight excluding hydrogens is 763 g/mol. The van der Waals surface area contributed by atoms with Crippen molar-refractivity contribution in [2.24, 2.45) is 0 Å². The first-order valence-corrected chi connectivity index (χ1v) is 21.3. The zero-order chi connectivity index (χ0) is 40.0. The van der Waals surface area contributed by atoms with E-state index in [0.717, 1.165) is 60.7 Å². The summed E-state index contributed by atoms with van der Waals surface area (Å²) in [6.07, 6.45) is 3.72. The first kappa shape index (κ1) is 34.0. The van der Waals surface area contributed by atoms with Gasteiger partial charge in [-0.15, -0.1) is 11.3 Å². The van der Waals surface area contributed by atoms with Gasteiger partial charge in [-0.25, -0.2) is 9.97 Å². The molecule has 0 aliphatic carbocycles. The largest absolute Gasteiger partial charge is 0.309 e. The van der Waals surface area contributed by atoms with Crippen LogP contribution in [0.15, 0.2) is 200 Å². The average Bonchev–Trinajstić information content (AvgIpc) is 4.01. The summed E-state index contributed by atoms with van der Waals surface area (Å²) < 4.78 is 5.82. The van der Waals surface area contributed by atoms with Gasteiger partial charge in [-0.3, -0.25) is 9.55 Å². The van der Waals surface area contributed by atoms with Gasteiger partial charge in [-0.05, 0) is 93.5 Å². The van der Waals surface area contributed by atoms with E-state index in [9.17, 15) is 0 Å². The van der Waals surface area contributed by atoms with Gasteiger partial charge < -0.3 is 4.57 Å². The number of thiophene rings is 1.